The van der Waals surface area contributed by atoms with E-state index in [-0.39, 0.29) is 0 Å². The van der Waals surface area contributed by atoms with Crippen LogP contribution in [0.3, 0.4) is 0 Å². The van der Waals surface area contributed by atoms with Gasteiger partial charge in [-0.3, -0.25) is 0 Å². The zero-order valence-corrected chi connectivity index (χ0v) is 10.5. The van der Waals surface area contributed by atoms with Crippen LogP contribution in [0.15, 0.2) is 60.7 Å². The smallest absolute Gasteiger partial charge is 0.171 e. The summed E-state index contributed by atoms with van der Waals surface area (Å²) in [4.78, 5) is 0. The first-order valence-corrected chi connectivity index (χ1v) is 7.03. The van der Waals surface area contributed by atoms with E-state index in [0.717, 1.165) is 10.6 Å². The van der Waals surface area contributed by atoms with Crippen molar-refractivity contribution in [1.29, 1.82) is 0 Å². The van der Waals surface area contributed by atoms with Crippen molar-refractivity contribution in [3.63, 3.8) is 0 Å². The van der Waals surface area contributed by atoms with Crippen molar-refractivity contribution in [1.82, 2.24) is 0 Å². The van der Waals surface area contributed by atoms with Crippen LogP contribution in [0.4, 0.5) is 13.2 Å². The molecule has 0 aliphatic heterocycles. The molecule has 0 fully saturated rings. The summed E-state index contributed by atoms with van der Waals surface area (Å²) >= 11 is 0. The van der Waals surface area contributed by atoms with Crippen molar-refractivity contribution in [2.24, 2.45) is 0 Å². The number of halogens is 3. The van der Waals surface area contributed by atoms with E-state index in [9.17, 15) is 13.2 Å². The predicted octanol–water partition coefficient (Wildman–Crippen LogP) is 3.68. The second kappa shape index (κ2) is 5.53. The summed E-state index contributed by atoms with van der Waals surface area (Å²) in [7, 11) is -1.36. The molecule has 2 aromatic rings. The third-order valence-electron chi connectivity index (χ3n) is 2.47. The van der Waals surface area contributed by atoms with E-state index in [0.29, 0.717) is 0 Å². The average Bonchev–Trinajstić information content (AvgIpc) is 2.37. The van der Waals surface area contributed by atoms with Crippen LogP contribution in [0, 0.1) is 0 Å². The van der Waals surface area contributed by atoms with Crippen molar-refractivity contribution in [2.75, 3.05) is 6.16 Å². The molecule has 0 heterocycles. The van der Waals surface area contributed by atoms with Gasteiger partial charge in [-0.25, -0.2) is 0 Å². The standard InChI is InChI=1S/C14H12F3P/c15-14(16,17)11-18(12-7-3-1-4-8-12)13-9-5-2-6-10-13/h1-10H,11H2. The van der Waals surface area contributed by atoms with Gasteiger partial charge >= 0.3 is 6.18 Å². The molecule has 2 rings (SSSR count). The Morgan fingerprint density at radius 1 is 0.722 bits per heavy atom. The highest BCUT2D eigenvalue weighted by Crippen LogP contribution is 2.39. The van der Waals surface area contributed by atoms with Crippen LogP contribution in [-0.2, 0) is 0 Å². The maximum Gasteiger partial charge on any atom is 0.393 e. The van der Waals surface area contributed by atoms with Gasteiger partial charge in [-0.05, 0) is 18.5 Å². The molecule has 18 heavy (non-hydrogen) atoms. The monoisotopic (exact) mass is 268 g/mol. The van der Waals surface area contributed by atoms with Crippen molar-refractivity contribution >= 4 is 18.5 Å². The molecular weight excluding hydrogens is 256 g/mol. The fourth-order valence-corrected chi connectivity index (χ4v) is 3.81. The third-order valence-corrected chi connectivity index (χ3v) is 4.99. The summed E-state index contributed by atoms with van der Waals surface area (Å²) in [5.41, 5.74) is 0. The Morgan fingerprint density at radius 3 is 1.44 bits per heavy atom. The third kappa shape index (κ3) is 3.58. The van der Waals surface area contributed by atoms with Gasteiger partial charge in [0.25, 0.3) is 0 Å². The molecule has 0 N–H and O–H groups in total. The average molecular weight is 268 g/mol. The molecule has 4 heteroatoms. The quantitative estimate of drug-likeness (QED) is 0.745. The van der Waals surface area contributed by atoms with Gasteiger partial charge < -0.3 is 0 Å². The summed E-state index contributed by atoms with van der Waals surface area (Å²) < 4.78 is 38.1. The van der Waals surface area contributed by atoms with E-state index in [1.54, 1.807) is 48.5 Å². The minimum absolute atomic E-state index is 0.760. The molecule has 94 valence electrons. The Morgan fingerprint density at radius 2 is 1.11 bits per heavy atom. The molecule has 0 saturated heterocycles. The second-order valence-electron chi connectivity index (χ2n) is 3.87. The molecule has 2 aromatic carbocycles. The van der Waals surface area contributed by atoms with E-state index < -0.39 is 20.3 Å². The zero-order valence-electron chi connectivity index (χ0n) is 9.56. The molecule has 0 aromatic heterocycles. The lowest BCUT2D eigenvalue weighted by Crippen LogP contribution is -2.22. The van der Waals surface area contributed by atoms with Crippen molar-refractivity contribution in [3.8, 4) is 0 Å². The minimum Gasteiger partial charge on any atom is -0.171 e. The van der Waals surface area contributed by atoms with Gasteiger partial charge in [0.2, 0.25) is 0 Å². The molecule has 0 unspecified atom stereocenters. The summed E-state index contributed by atoms with van der Waals surface area (Å²) in [5.74, 6) is 0. The van der Waals surface area contributed by atoms with Gasteiger partial charge in [-0.15, -0.1) is 0 Å². The highest BCUT2D eigenvalue weighted by atomic mass is 31.1. The van der Waals surface area contributed by atoms with Crippen LogP contribution in [0.25, 0.3) is 0 Å². The molecule has 0 atom stereocenters. The van der Waals surface area contributed by atoms with Gasteiger partial charge in [0.1, 0.15) is 0 Å². The van der Waals surface area contributed by atoms with Crippen LogP contribution >= 0.6 is 7.92 Å². The minimum atomic E-state index is -4.14. The SMILES string of the molecule is FC(F)(F)CP(c1ccccc1)c1ccccc1. The van der Waals surface area contributed by atoms with Crippen LogP contribution in [-0.4, -0.2) is 12.3 Å². The Labute approximate surface area is 105 Å². The molecule has 0 aliphatic carbocycles. The van der Waals surface area contributed by atoms with E-state index in [2.05, 4.69) is 0 Å². The Bertz CT molecular complexity index is 440. The zero-order chi connectivity index (χ0) is 13.0. The van der Waals surface area contributed by atoms with E-state index in [1.165, 1.54) is 0 Å². The summed E-state index contributed by atoms with van der Waals surface area (Å²) in [6.45, 7) is 0. The van der Waals surface area contributed by atoms with Gasteiger partial charge in [0, 0.05) is 0 Å². The van der Waals surface area contributed by atoms with Crippen LogP contribution in [0.1, 0.15) is 0 Å². The summed E-state index contributed by atoms with van der Waals surface area (Å²) in [5, 5.41) is 1.52. The molecule has 0 spiro atoms. The first kappa shape index (κ1) is 13.1. The first-order valence-electron chi connectivity index (χ1n) is 5.51. The van der Waals surface area contributed by atoms with Gasteiger partial charge in [0.15, 0.2) is 0 Å². The lowest BCUT2D eigenvalue weighted by Gasteiger charge is -2.20. The van der Waals surface area contributed by atoms with E-state index >= 15 is 0 Å². The molecular formula is C14H12F3P. The molecule has 0 saturated carbocycles. The van der Waals surface area contributed by atoms with Crippen molar-refractivity contribution < 1.29 is 13.2 Å². The Kier molecular flexibility index (Phi) is 4.03. The highest BCUT2D eigenvalue weighted by Gasteiger charge is 2.33. The maximum absolute atomic E-state index is 12.7. The number of rotatable bonds is 3. The fourth-order valence-electron chi connectivity index (χ4n) is 1.73. The van der Waals surface area contributed by atoms with Gasteiger partial charge in [-0.1, -0.05) is 60.7 Å². The lowest BCUT2D eigenvalue weighted by molar-refractivity contribution is -0.105. The molecule has 0 radical (unpaired) electrons. The lowest BCUT2D eigenvalue weighted by atomic mass is 10.4. The van der Waals surface area contributed by atoms with Crippen LogP contribution in [0.5, 0.6) is 0 Å². The maximum atomic E-state index is 12.7. The fraction of sp³-hybridized carbons (Fsp3) is 0.143. The Hall–Kier alpha value is -1.34. The largest absolute Gasteiger partial charge is 0.393 e. The number of alkyl halides is 3. The number of hydrogen-bond acceptors (Lipinski definition) is 0. The van der Waals surface area contributed by atoms with E-state index in [4.69, 9.17) is 0 Å². The highest BCUT2D eigenvalue weighted by molar-refractivity contribution is 7.73. The van der Waals surface area contributed by atoms with Crippen molar-refractivity contribution in [2.45, 2.75) is 6.18 Å². The normalized spacial score (nSPS) is 11.8. The van der Waals surface area contributed by atoms with Crippen LogP contribution < -0.4 is 10.6 Å². The number of hydrogen-bond donors (Lipinski definition) is 0. The van der Waals surface area contributed by atoms with Gasteiger partial charge in [-0.2, -0.15) is 13.2 Å². The van der Waals surface area contributed by atoms with Crippen LogP contribution in [0.2, 0.25) is 0 Å². The second-order valence-corrected chi connectivity index (χ2v) is 6.08. The molecule has 0 nitrogen and oxygen atoms in total. The van der Waals surface area contributed by atoms with Crippen molar-refractivity contribution in [3.05, 3.63) is 60.7 Å². The topological polar surface area (TPSA) is 0 Å². The summed E-state index contributed by atoms with van der Waals surface area (Å²) in [6.07, 6.45) is -4.91. The Balaban J connectivity index is 2.36. The van der Waals surface area contributed by atoms with Gasteiger partial charge in [0.05, 0.1) is 6.16 Å². The number of benzene rings is 2. The first-order chi connectivity index (χ1) is 8.56. The predicted molar refractivity (Wildman–Crippen MR) is 70.0 cm³/mol. The molecule has 0 aliphatic rings. The molecule has 0 bridgehead atoms. The molecule has 0 amide bonds. The van der Waals surface area contributed by atoms with E-state index in [1.807, 2.05) is 12.1 Å². The summed E-state index contributed by atoms with van der Waals surface area (Å²) in [6, 6.07) is 17.8.